The average Bonchev–Trinajstić information content (AvgIpc) is 1.99. The van der Waals surface area contributed by atoms with Crippen LogP contribution in [0.5, 0.6) is 0 Å². The molecule has 0 fully saturated rings. The summed E-state index contributed by atoms with van der Waals surface area (Å²) in [7, 11) is 0. The second-order valence-electron chi connectivity index (χ2n) is 2.29. The lowest BCUT2D eigenvalue weighted by Gasteiger charge is -2.03. The van der Waals surface area contributed by atoms with Crippen LogP contribution < -0.4 is 0 Å². The van der Waals surface area contributed by atoms with E-state index in [1.807, 2.05) is 0 Å². The summed E-state index contributed by atoms with van der Waals surface area (Å²) in [5.41, 5.74) is 0.645. The Morgan fingerprint density at radius 3 is 2.55 bits per heavy atom. The Bertz CT molecular complexity index is 271. The first-order chi connectivity index (χ1) is 5.16. The number of aryl methyl sites for hydroxylation is 1. The maximum atomic E-state index is 12.9. The molecule has 1 aromatic carbocycles. The van der Waals surface area contributed by atoms with Crippen LogP contribution in [-0.4, -0.2) is 0 Å². The lowest BCUT2D eigenvalue weighted by atomic mass is 10.1. The van der Waals surface area contributed by atoms with Crippen LogP contribution >= 0.6 is 11.6 Å². The first-order valence-corrected chi connectivity index (χ1v) is 3.54. The Balaban J connectivity index is 3.29. The minimum Gasteiger partial charge on any atom is -0.246 e. The molecule has 60 valence electrons. The molecular formula is C8H7ClF2. The van der Waals surface area contributed by atoms with E-state index in [1.54, 1.807) is 13.0 Å². The van der Waals surface area contributed by atoms with Gasteiger partial charge < -0.3 is 0 Å². The number of alkyl halides is 1. The average molecular weight is 177 g/mol. The van der Waals surface area contributed by atoms with Crippen molar-refractivity contribution in [2.45, 2.75) is 13.6 Å². The molecule has 0 heterocycles. The maximum Gasteiger partial charge on any atom is 0.147 e. The Hall–Kier alpha value is -0.630. The summed E-state index contributed by atoms with van der Waals surface area (Å²) in [5.74, 6) is -0.644. The van der Waals surface area contributed by atoms with Crippen LogP contribution in [0.1, 0.15) is 11.1 Å². The largest absolute Gasteiger partial charge is 0.246 e. The molecule has 0 saturated heterocycles. The Morgan fingerprint density at radius 2 is 2.09 bits per heavy atom. The quantitative estimate of drug-likeness (QED) is 0.616. The van der Waals surface area contributed by atoms with Crippen molar-refractivity contribution in [2.24, 2.45) is 0 Å². The number of hydrogen-bond acceptors (Lipinski definition) is 0. The van der Waals surface area contributed by atoms with E-state index in [9.17, 15) is 8.78 Å². The molecule has 0 bridgehead atoms. The number of hydrogen-bond donors (Lipinski definition) is 0. The summed E-state index contributed by atoms with van der Waals surface area (Å²) in [6.45, 7) is 0.840. The zero-order valence-corrected chi connectivity index (χ0v) is 6.75. The van der Waals surface area contributed by atoms with Crippen LogP contribution in [-0.2, 0) is 6.67 Å². The van der Waals surface area contributed by atoms with E-state index >= 15 is 0 Å². The summed E-state index contributed by atoms with van der Waals surface area (Å²) < 4.78 is 25.0. The zero-order valence-electron chi connectivity index (χ0n) is 6.00. The summed E-state index contributed by atoms with van der Waals surface area (Å²) in [6.07, 6.45) is 0. The predicted octanol–water partition coefficient (Wildman–Crippen LogP) is 3.26. The third-order valence-corrected chi connectivity index (χ3v) is 1.86. The molecule has 0 aliphatic heterocycles. The van der Waals surface area contributed by atoms with Gasteiger partial charge in [0, 0.05) is 5.56 Å². The third-order valence-electron chi connectivity index (χ3n) is 1.56. The van der Waals surface area contributed by atoms with E-state index in [4.69, 9.17) is 11.6 Å². The molecule has 0 aliphatic carbocycles. The van der Waals surface area contributed by atoms with Gasteiger partial charge in [-0.1, -0.05) is 17.7 Å². The van der Waals surface area contributed by atoms with Crippen LogP contribution in [0.3, 0.4) is 0 Å². The molecule has 0 radical (unpaired) electrons. The SMILES string of the molecule is Cc1ccc(Cl)c(F)c1CF. The molecule has 11 heavy (non-hydrogen) atoms. The molecule has 0 aliphatic rings. The molecule has 0 unspecified atom stereocenters. The maximum absolute atomic E-state index is 12.9. The topological polar surface area (TPSA) is 0 Å². The van der Waals surface area contributed by atoms with Gasteiger partial charge in [0.1, 0.15) is 12.5 Å². The van der Waals surface area contributed by atoms with Gasteiger partial charge in [0.15, 0.2) is 0 Å². The van der Waals surface area contributed by atoms with Gasteiger partial charge >= 0.3 is 0 Å². The van der Waals surface area contributed by atoms with E-state index in [1.165, 1.54) is 6.07 Å². The van der Waals surface area contributed by atoms with Crippen molar-refractivity contribution in [1.29, 1.82) is 0 Å². The molecule has 0 spiro atoms. The van der Waals surface area contributed by atoms with Gasteiger partial charge in [-0.3, -0.25) is 0 Å². The van der Waals surface area contributed by atoms with Crippen molar-refractivity contribution in [3.63, 3.8) is 0 Å². The smallest absolute Gasteiger partial charge is 0.147 e. The molecule has 1 rings (SSSR count). The Labute approximate surface area is 68.8 Å². The Morgan fingerprint density at radius 1 is 1.45 bits per heavy atom. The molecule has 0 nitrogen and oxygen atoms in total. The van der Waals surface area contributed by atoms with E-state index in [0.29, 0.717) is 5.56 Å². The van der Waals surface area contributed by atoms with Gasteiger partial charge in [-0.2, -0.15) is 0 Å². The molecule has 0 aromatic heterocycles. The van der Waals surface area contributed by atoms with Gasteiger partial charge in [-0.05, 0) is 18.6 Å². The lowest BCUT2D eigenvalue weighted by Crippen LogP contribution is -1.91. The van der Waals surface area contributed by atoms with E-state index in [-0.39, 0.29) is 10.6 Å². The standard InChI is InChI=1S/C8H7ClF2/c1-5-2-3-7(9)8(11)6(5)4-10/h2-3H,4H2,1H3. The molecule has 0 N–H and O–H groups in total. The second kappa shape index (κ2) is 3.18. The first-order valence-electron chi connectivity index (χ1n) is 3.16. The van der Waals surface area contributed by atoms with Crippen LogP contribution in [0.2, 0.25) is 5.02 Å². The lowest BCUT2D eigenvalue weighted by molar-refractivity contribution is 0.462. The third kappa shape index (κ3) is 1.51. The fourth-order valence-corrected chi connectivity index (χ4v) is 1.03. The molecule has 0 saturated carbocycles. The van der Waals surface area contributed by atoms with Gasteiger partial charge in [-0.25, -0.2) is 8.78 Å². The fraction of sp³-hybridized carbons (Fsp3) is 0.250. The molecule has 3 heteroatoms. The molecule has 1 aromatic rings. The predicted molar refractivity (Wildman–Crippen MR) is 41.0 cm³/mol. The van der Waals surface area contributed by atoms with E-state index in [0.717, 1.165) is 0 Å². The van der Waals surface area contributed by atoms with Crippen LogP contribution in [0, 0.1) is 12.7 Å². The number of benzene rings is 1. The van der Waals surface area contributed by atoms with Crippen molar-refractivity contribution in [2.75, 3.05) is 0 Å². The summed E-state index contributed by atoms with van der Waals surface area (Å²) >= 11 is 5.42. The van der Waals surface area contributed by atoms with Crippen LogP contribution in [0.4, 0.5) is 8.78 Å². The zero-order chi connectivity index (χ0) is 8.43. The minimum absolute atomic E-state index is 0.0248. The molecule has 0 atom stereocenters. The Kier molecular flexibility index (Phi) is 2.45. The van der Waals surface area contributed by atoms with E-state index in [2.05, 4.69) is 0 Å². The summed E-state index contributed by atoms with van der Waals surface area (Å²) in [6, 6.07) is 3.02. The van der Waals surface area contributed by atoms with Crippen molar-refractivity contribution in [3.05, 3.63) is 34.1 Å². The van der Waals surface area contributed by atoms with Crippen LogP contribution in [0.15, 0.2) is 12.1 Å². The molecular weight excluding hydrogens is 170 g/mol. The van der Waals surface area contributed by atoms with Crippen molar-refractivity contribution < 1.29 is 8.78 Å². The van der Waals surface area contributed by atoms with Gasteiger partial charge in [0.2, 0.25) is 0 Å². The first kappa shape index (κ1) is 8.47. The highest BCUT2D eigenvalue weighted by atomic mass is 35.5. The monoisotopic (exact) mass is 176 g/mol. The number of halogens is 3. The highest BCUT2D eigenvalue weighted by Crippen LogP contribution is 2.21. The fourth-order valence-electron chi connectivity index (χ4n) is 0.853. The second-order valence-corrected chi connectivity index (χ2v) is 2.70. The highest BCUT2D eigenvalue weighted by Gasteiger charge is 2.08. The normalized spacial score (nSPS) is 10.2. The van der Waals surface area contributed by atoms with Gasteiger partial charge in [0.25, 0.3) is 0 Å². The minimum atomic E-state index is -0.807. The van der Waals surface area contributed by atoms with Crippen LogP contribution in [0.25, 0.3) is 0 Å². The van der Waals surface area contributed by atoms with Crippen molar-refractivity contribution in [1.82, 2.24) is 0 Å². The summed E-state index contributed by atoms with van der Waals surface area (Å²) in [4.78, 5) is 0. The van der Waals surface area contributed by atoms with Gasteiger partial charge in [-0.15, -0.1) is 0 Å². The molecule has 0 amide bonds. The van der Waals surface area contributed by atoms with Gasteiger partial charge in [0.05, 0.1) is 5.02 Å². The van der Waals surface area contributed by atoms with Crippen molar-refractivity contribution in [3.8, 4) is 0 Å². The van der Waals surface area contributed by atoms with E-state index < -0.39 is 12.5 Å². The highest BCUT2D eigenvalue weighted by molar-refractivity contribution is 6.30. The summed E-state index contributed by atoms with van der Waals surface area (Å²) in [5, 5.41) is -0.0248. The van der Waals surface area contributed by atoms with Crippen molar-refractivity contribution >= 4 is 11.6 Å². The number of rotatable bonds is 1.